The molecule has 0 radical (unpaired) electrons. The van der Waals surface area contributed by atoms with Crippen molar-refractivity contribution in [3.63, 3.8) is 0 Å². The Bertz CT molecular complexity index is 1220. The minimum absolute atomic E-state index is 0.0275. The average molecular weight is 412 g/mol. The fraction of sp³-hybridized carbons (Fsp3) is 0.250. The second kappa shape index (κ2) is 8.18. The molecule has 7 nitrogen and oxygen atoms in total. The van der Waals surface area contributed by atoms with Crippen molar-refractivity contribution in [3.05, 3.63) is 78.1 Å². The molecule has 0 spiro atoms. The summed E-state index contributed by atoms with van der Waals surface area (Å²) in [7, 11) is 0. The zero-order chi connectivity index (χ0) is 21.2. The Morgan fingerprint density at radius 1 is 1.00 bits per heavy atom. The molecule has 2 aromatic heterocycles. The molecule has 156 valence electrons. The van der Waals surface area contributed by atoms with Crippen LogP contribution in [0, 0.1) is 6.92 Å². The zero-order valence-corrected chi connectivity index (χ0v) is 17.3. The second-order valence-corrected chi connectivity index (χ2v) is 7.99. The molecule has 1 amide bonds. The van der Waals surface area contributed by atoms with Crippen molar-refractivity contribution in [1.29, 1.82) is 0 Å². The van der Waals surface area contributed by atoms with Crippen LogP contribution in [0.25, 0.3) is 16.6 Å². The second-order valence-electron chi connectivity index (χ2n) is 7.99. The lowest BCUT2D eigenvalue weighted by Crippen LogP contribution is -2.43. The van der Waals surface area contributed by atoms with Gasteiger partial charge in [0.25, 0.3) is 5.91 Å². The van der Waals surface area contributed by atoms with E-state index in [0.717, 1.165) is 41.5 Å². The quantitative estimate of drug-likeness (QED) is 0.520. The van der Waals surface area contributed by atoms with Crippen LogP contribution in [-0.4, -0.2) is 38.0 Å². The lowest BCUT2D eigenvalue weighted by atomic mass is 10.1. The van der Waals surface area contributed by atoms with Crippen LogP contribution in [-0.2, 0) is 0 Å². The Morgan fingerprint density at radius 3 is 2.68 bits per heavy atom. The number of anilines is 1. The van der Waals surface area contributed by atoms with Gasteiger partial charge >= 0.3 is 0 Å². The highest BCUT2D eigenvalue weighted by molar-refractivity contribution is 5.98. The summed E-state index contributed by atoms with van der Waals surface area (Å²) >= 11 is 0. The highest BCUT2D eigenvalue weighted by Gasteiger charge is 2.30. The van der Waals surface area contributed by atoms with Crippen LogP contribution in [0.1, 0.15) is 35.2 Å². The minimum atomic E-state index is -0.110. The van der Waals surface area contributed by atoms with E-state index in [1.807, 2.05) is 49.4 Å². The van der Waals surface area contributed by atoms with Gasteiger partial charge in [-0.3, -0.25) is 4.79 Å². The van der Waals surface area contributed by atoms with Crippen LogP contribution < -0.4 is 10.6 Å². The lowest BCUT2D eigenvalue weighted by molar-refractivity contribution is 0.0935. The predicted octanol–water partition coefficient (Wildman–Crippen LogP) is 3.89. The molecule has 1 aliphatic carbocycles. The molecule has 0 saturated heterocycles. The molecule has 1 saturated carbocycles. The largest absolute Gasteiger partial charge is 0.365 e. The number of aromatic nitrogens is 4. The first-order valence-corrected chi connectivity index (χ1v) is 10.6. The highest BCUT2D eigenvalue weighted by atomic mass is 16.1. The molecule has 1 fully saturated rings. The number of aryl methyl sites for hydroxylation is 1. The number of carbonyl (C=O) groups is 1. The average Bonchev–Trinajstić information content (AvgIpc) is 3.46. The summed E-state index contributed by atoms with van der Waals surface area (Å²) in [5.74, 6) is 0.725. The number of para-hydroxylation sites is 1. The predicted molar refractivity (Wildman–Crippen MR) is 120 cm³/mol. The molecular formula is C24H24N6O. The van der Waals surface area contributed by atoms with E-state index < -0.39 is 0 Å². The van der Waals surface area contributed by atoms with E-state index in [-0.39, 0.29) is 18.0 Å². The van der Waals surface area contributed by atoms with E-state index in [0.29, 0.717) is 11.3 Å². The van der Waals surface area contributed by atoms with Crippen LogP contribution in [0.5, 0.6) is 0 Å². The third kappa shape index (κ3) is 3.99. The molecule has 31 heavy (non-hydrogen) atoms. The van der Waals surface area contributed by atoms with E-state index in [9.17, 15) is 4.79 Å². The van der Waals surface area contributed by atoms with Crippen molar-refractivity contribution in [2.24, 2.45) is 0 Å². The first-order valence-electron chi connectivity index (χ1n) is 10.6. The number of pyridine rings is 1. The molecule has 7 heteroatoms. The molecule has 4 aromatic rings. The number of hydrogen-bond acceptors (Lipinski definition) is 5. The van der Waals surface area contributed by atoms with Gasteiger partial charge in [0.05, 0.1) is 29.2 Å². The zero-order valence-electron chi connectivity index (χ0n) is 17.3. The van der Waals surface area contributed by atoms with E-state index in [1.54, 1.807) is 12.4 Å². The van der Waals surface area contributed by atoms with Crippen molar-refractivity contribution >= 4 is 22.6 Å². The fourth-order valence-electron chi connectivity index (χ4n) is 4.23. The molecule has 0 aliphatic heterocycles. The number of amides is 1. The summed E-state index contributed by atoms with van der Waals surface area (Å²) < 4.78 is 0. The number of benzene rings is 2. The number of hydrogen-bond donors (Lipinski definition) is 2. The number of carbonyl (C=O) groups excluding carboxylic acids is 1. The Hall–Kier alpha value is -3.74. The SMILES string of the molecule is Cc1ccc(-n2nccn2)c(C(=O)N[C@H]2CCC[C@H]2Nc2ccc3ccccc3n2)c1. The summed E-state index contributed by atoms with van der Waals surface area (Å²) in [5, 5.41) is 16.3. The monoisotopic (exact) mass is 412 g/mol. The third-order valence-corrected chi connectivity index (χ3v) is 5.80. The van der Waals surface area contributed by atoms with Gasteiger partial charge in [0.1, 0.15) is 5.82 Å². The summed E-state index contributed by atoms with van der Waals surface area (Å²) in [6, 6.07) is 18.0. The first kappa shape index (κ1) is 19.2. The standard InChI is InChI=1S/C24H24N6O/c1-16-9-11-22(30-25-13-14-26-30)18(15-16)24(31)29-21-8-4-7-20(21)28-23-12-10-17-5-2-3-6-19(17)27-23/h2-3,5-6,9-15,20-21H,4,7-8H2,1H3,(H,27,28)(H,29,31)/t20-,21+/m1/s1. The van der Waals surface area contributed by atoms with E-state index in [4.69, 9.17) is 4.98 Å². The van der Waals surface area contributed by atoms with Crippen molar-refractivity contribution < 1.29 is 4.79 Å². The molecule has 1 aliphatic rings. The molecule has 5 rings (SSSR count). The molecule has 2 atom stereocenters. The van der Waals surface area contributed by atoms with Gasteiger partial charge in [0.15, 0.2) is 0 Å². The Labute approximate surface area is 180 Å². The Kier molecular flexibility index (Phi) is 5.08. The third-order valence-electron chi connectivity index (χ3n) is 5.80. The number of nitrogens with one attached hydrogen (secondary N) is 2. The van der Waals surface area contributed by atoms with E-state index >= 15 is 0 Å². The van der Waals surface area contributed by atoms with Crippen LogP contribution in [0.3, 0.4) is 0 Å². The minimum Gasteiger partial charge on any atom is -0.365 e. The summed E-state index contributed by atoms with van der Waals surface area (Å²) in [6.07, 6.45) is 6.18. The Balaban J connectivity index is 1.35. The fourth-order valence-corrected chi connectivity index (χ4v) is 4.23. The molecule has 2 N–H and O–H groups in total. The van der Waals surface area contributed by atoms with Crippen molar-refractivity contribution in [1.82, 2.24) is 25.3 Å². The van der Waals surface area contributed by atoms with Crippen molar-refractivity contribution in [3.8, 4) is 5.69 Å². The van der Waals surface area contributed by atoms with Crippen LogP contribution in [0.4, 0.5) is 5.82 Å². The normalized spacial score (nSPS) is 18.2. The molecular weight excluding hydrogens is 388 g/mol. The van der Waals surface area contributed by atoms with Crippen molar-refractivity contribution in [2.75, 3.05) is 5.32 Å². The molecule has 0 unspecified atom stereocenters. The van der Waals surface area contributed by atoms with E-state index in [2.05, 4.69) is 33.0 Å². The maximum absolute atomic E-state index is 13.2. The smallest absolute Gasteiger partial charge is 0.253 e. The highest BCUT2D eigenvalue weighted by Crippen LogP contribution is 2.25. The van der Waals surface area contributed by atoms with Gasteiger partial charge in [-0.05, 0) is 56.5 Å². The summed E-state index contributed by atoms with van der Waals surface area (Å²) in [4.78, 5) is 19.4. The van der Waals surface area contributed by atoms with Crippen LogP contribution in [0.2, 0.25) is 0 Å². The topological polar surface area (TPSA) is 84.7 Å². The summed E-state index contributed by atoms with van der Waals surface area (Å²) in [6.45, 7) is 1.97. The maximum Gasteiger partial charge on any atom is 0.253 e. The van der Waals surface area contributed by atoms with Crippen molar-refractivity contribution in [2.45, 2.75) is 38.3 Å². The molecule has 2 aromatic carbocycles. The van der Waals surface area contributed by atoms with Gasteiger partial charge in [-0.2, -0.15) is 15.0 Å². The number of fused-ring (bicyclic) bond motifs is 1. The van der Waals surface area contributed by atoms with Gasteiger partial charge in [-0.15, -0.1) is 0 Å². The van der Waals surface area contributed by atoms with Crippen LogP contribution in [0.15, 0.2) is 67.0 Å². The Morgan fingerprint density at radius 2 is 1.81 bits per heavy atom. The van der Waals surface area contributed by atoms with Gasteiger partial charge in [0, 0.05) is 17.5 Å². The summed E-state index contributed by atoms with van der Waals surface area (Å²) in [5.41, 5.74) is 3.22. The molecule has 2 heterocycles. The first-order chi connectivity index (χ1) is 15.2. The van der Waals surface area contributed by atoms with Gasteiger partial charge in [-0.1, -0.05) is 29.8 Å². The van der Waals surface area contributed by atoms with Gasteiger partial charge < -0.3 is 10.6 Å². The van der Waals surface area contributed by atoms with E-state index in [1.165, 1.54) is 4.80 Å². The van der Waals surface area contributed by atoms with Crippen LogP contribution >= 0.6 is 0 Å². The van der Waals surface area contributed by atoms with Gasteiger partial charge in [0.2, 0.25) is 0 Å². The van der Waals surface area contributed by atoms with Gasteiger partial charge in [-0.25, -0.2) is 4.98 Å². The number of rotatable bonds is 5. The maximum atomic E-state index is 13.2. The lowest BCUT2D eigenvalue weighted by Gasteiger charge is -2.23. The molecule has 0 bridgehead atoms. The number of nitrogens with zero attached hydrogens (tertiary/aromatic N) is 4.